The van der Waals surface area contributed by atoms with Crippen LogP contribution in [-0.2, 0) is 28.6 Å². The Kier molecular flexibility index (Phi) is 5.00. The minimum absolute atomic E-state index is 0.0494. The third-order valence-electron chi connectivity index (χ3n) is 13.1. The highest BCUT2D eigenvalue weighted by atomic mass is 16.7. The lowest BCUT2D eigenvalue weighted by atomic mass is 9.49. The van der Waals surface area contributed by atoms with Crippen molar-refractivity contribution in [2.24, 2.45) is 45.8 Å². The first-order valence-corrected chi connectivity index (χ1v) is 14.6. The quantitative estimate of drug-likeness (QED) is 0.439. The number of carbonyl (C=O) groups excluding carboxylic acids is 3. The number of carbonyl (C=O) groups is 3. The van der Waals surface area contributed by atoms with Crippen LogP contribution >= 0.6 is 0 Å². The van der Waals surface area contributed by atoms with Gasteiger partial charge >= 0.3 is 11.9 Å². The van der Waals surface area contributed by atoms with E-state index in [9.17, 15) is 19.5 Å². The van der Waals surface area contributed by atoms with Crippen molar-refractivity contribution in [3.8, 4) is 0 Å². The van der Waals surface area contributed by atoms with Gasteiger partial charge in [0.05, 0.1) is 23.7 Å². The molecule has 1 saturated heterocycles. The van der Waals surface area contributed by atoms with Crippen molar-refractivity contribution in [3.63, 3.8) is 0 Å². The lowest BCUT2D eigenvalue weighted by Crippen LogP contribution is -2.58. The zero-order valence-corrected chi connectivity index (χ0v) is 23.1. The summed E-state index contributed by atoms with van der Waals surface area (Å²) in [6.45, 7) is 10.0. The molecule has 12 atom stereocenters. The van der Waals surface area contributed by atoms with Crippen LogP contribution in [0.25, 0.3) is 0 Å². The van der Waals surface area contributed by atoms with Crippen LogP contribution in [-0.4, -0.2) is 53.3 Å². The molecule has 7 heteroatoms. The van der Waals surface area contributed by atoms with Crippen LogP contribution in [0.5, 0.6) is 0 Å². The zero-order chi connectivity index (χ0) is 27.0. The van der Waals surface area contributed by atoms with Gasteiger partial charge in [0.25, 0.3) is 0 Å². The van der Waals surface area contributed by atoms with E-state index in [-0.39, 0.29) is 59.2 Å². The lowest BCUT2D eigenvalue weighted by Gasteiger charge is -2.54. The van der Waals surface area contributed by atoms with Crippen molar-refractivity contribution in [2.45, 2.75) is 97.1 Å². The number of fused-ring (bicyclic) bond motifs is 2. The number of epoxide rings is 1. The minimum Gasteiger partial charge on any atom is -0.458 e. The lowest BCUT2D eigenvalue weighted by molar-refractivity contribution is -0.156. The smallest absolute Gasteiger partial charge is 0.336 e. The molecule has 0 radical (unpaired) electrons. The van der Waals surface area contributed by atoms with E-state index in [1.807, 2.05) is 6.92 Å². The number of hydrogen-bond donors (Lipinski definition) is 1. The number of hydrogen-bond acceptors (Lipinski definition) is 7. The van der Waals surface area contributed by atoms with Crippen molar-refractivity contribution < 1.29 is 33.7 Å². The van der Waals surface area contributed by atoms with E-state index in [1.165, 1.54) is 6.92 Å². The first-order chi connectivity index (χ1) is 18.0. The molecule has 7 nitrogen and oxygen atoms in total. The number of cyclic esters (lactones) is 1. The van der Waals surface area contributed by atoms with E-state index in [0.717, 1.165) is 37.7 Å². The Morgan fingerprint density at radius 3 is 2.68 bits per heavy atom. The van der Waals surface area contributed by atoms with Gasteiger partial charge in [-0.1, -0.05) is 26.3 Å². The number of allylic oxidation sites excluding steroid dienone is 1. The summed E-state index contributed by atoms with van der Waals surface area (Å²) < 4.78 is 18.2. The molecule has 12 unspecified atom stereocenters. The summed E-state index contributed by atoms with van der Waals surface area (Å²) >= 11 is 0. The predicted molar refractivity (Wildman–Crippen MR) is 136 cm³/mol. The number of aliphatic hydroxyl groups is 1. The standard InChI is InChI=1S/C31H40O7/c1-15-12-23(37-27(35)19(15)14-32)16(2)20-6-7-21-22-13-26-31(38-26)25(36-18(4)33)9-8-24(34)30(31)17(3)29(22,30)11-10-28(20,21)5/h8-9,16-17,20-23,25-26,32H,6-7,10-14H2,1-5H3. The molecule has 2 heterocycles. The van der Waals surface area contributed by atoms with Crippen LogP contribution in [0.2, 0.25) is 0 Å². The predicted octanol–water partition coefficient (Wildman–Crippen LogP) is 3.92. The summed E-state index contributed by atoms with van der Waals surface area (Å²) in [6.07, 6.45) is 8.58. The van der Waals surface area contributed by atoms with Gasteiger partial charge in [0, 0.05) is 13.3 Å². The van der Waals surface area contributed by atoms with Crippen LogP contribution in [0.4, 0.5) is 0 Å². The average molecular weight is 525 g/mol. The Labute approximate surface area is 224 Å². The van der Waals surface area contributed by atoms with Crippen LogP contribution in [0.1, 0.15) is 73.1 Å². The number of rotatable bonds is 4. The van der Waals surface area contributed by atoms with Gasteiger partial charge in [-0.25, -0.2) is 4.79 Å². The molecule has 0 bridgehead atoms. The Bertz CT molecular complexity index is 1200. The van der Waals surface area contributed by atoms with Gasteiger partial charge in [-0.2, -0.15) is 0 Å². The summed E-state index contributed by atoms with van der Waals surface area (Å²) in [4.78, 5) is 38.3. The first kappa shape index (κ1) is 25.0. The fourth-order valence-corrected chi connectivity index (χ4v) is 11.5. The summed E-state index contributed by atoms with van der Waals surface area (Å²) in [5.41, 5.74) is 0.0776. The molecule has 3 spiro atoms. The normalized spacial score (nSPS) is 52.6. The van der Waals surface area contributed by atoms with Gasteiger partial charge in [-0.15, -0.1) is 0 Å². The Hall–Kier alpha value is -1.99. The monoisotopic (exact) mass is 524 g/mol. The van der Waals surface area contributed by atoms with Gasteiger partial charge in [0.1, 0.15) is 11.7 Å². The first-order valence-electron chi connectivity index (χ1n) is 14.6. The Morgan fingerprint density at radius 2 is 2.00 bits per heavy atom. The Morgan fingerprint density at radius 1 is 1.24 bits per heavy atom. The number of aliphatic hydroxyl groups excluding tert-OH is 1. The van der Waals surface area contributed by atoms with Crippen molar-refractivity contribution in [1.29, 1.82) is 0 Å². The van der Waals surface area contributed by atoms with Crippen molar-refractivity contribution in [3.05, 3.63) is 23.3 Å². The highest BCUT2D eigenvalue weighted by Gasteiger charge is 2.97. The van der Waals surface area contributed by atoms with Crippen LogP contribution in [0.3, 0.4) is 0 Å². The number of ketones is 1. The summed E-state index contributed by atoms with van der Waals surface area (Å²) in [5.74, 6) is 1.21. The van der Waals surface area contributed by atoms with Gasteiger partial charge < -0.3 is 19.3 Å². The average Bonchev–Trinajstić information content (AvgIpc) is 3.67. The van der Waals surface area contributed by atoms with E-state index < -0.39 is 17.1 Å². The number of ether oxygens (including phenoxy) is 3. The molecule has 7 aliphatic rings. The summed E-state index contributed by atoms with van der Waals surface area (Å²) in [6, 6.07) is 0. The molecule has 2 aliphatic heterocycles. The third kappa shape index (κ3) is 2.57. The minimum atomic E-state index is -0.690. The topological polar surface area (TPSA) is 102 Å². The molecule has 7 rings (SSSR count). The van der Waals surface area contributed by atoms with Gasteiger partial charge in [0.15, 0.2) is 11.9 Å². The maximum absolute atomic E-state index is 13.8. The van der Waals surface area contributed by atoms with E-state index >= 15 is 0 Å². The molecular formula is C31H40O7. The molecule has 5 aliphatic carbocycles. The molecule has 1 N–H and O–H groups in total. The van der Waals surface area contributed by atoms with E-state index in [2.05, 4.69) is 20.8 Å². The van der Waals surface area contributed by atoms with Gasteiger partial charge in [-0.3, -0.25) is 9.59 Å². The summed E-state index contributed by atoms with van der Waals surface area (Å²) in [7, 11) is 0. The van der Waals surface area contributed by atoms with Crippen molar-refractivity contribution >= 4 is 17.7 Å². The molecule has 38 heavy (non-hydrogen) atoms. The maximum atomic E-state index is 13.8. The van der Waals surface area contributed by atoms with Crippen LogP contribution in [0, 0.1) is 45.8 Å². The molecular weight excluding hydrogens is 484 g/mol. The molecule has 206 valence electrons. The highest BCUT2D eigenvalue weighted by Crippen LogP contribution is 2.91. The molecule has 4 saturated carbocycles. The van der Waals surface area contributed by atoms with E-state index in [4.69, 9.17) is 14.2 Å². The van der Waals surface area contributed by atoms with Crippen molar-refractivity contribution in [1.82, 2.24) is 0 Å². The fourth-order valence-electron chi connectivity index (χ4n) is 11.5. The SMILES string of the molecule is CC(=O)OC1C=CC(=O)C23C(C)C24CCC2(C)C(C(C)C5CC(C)=C(CO)C(=O)O5)CCC2C4CC2OC123. The molecule has 0 aromatic carbocycles. The van der Waals surface area contributed by atoms with Gasteiger partial charge in [-0.05, 0) is 91.6 Å². The number of esters is 2. The largest absolute Gasteiger partial charge is 0.458 e. The van der Waals surface area contributed by atoms with Gasteiger partial charge in [0.2, 0.25) is 0 Å². The Balaban J connectivity index is 1.19. The third-order valence-corrected chi connectivity index (χ3v) is 13.1. The summed E-state index contributed by atoms with van der Waals surface area (Å²) in [5, 5.41) is 9.59. The zero-order valence-electron chi connectivity index (χ0n) is 23.1. The van der Waals surface area contributed by atoms with Crippen LogP contribution in [0.15, 0.2) is 23.3 Å². The van der Waals surface area contributed by atoms with E-state index in [1.54, 1.807) is 12.2 Å². The molecule has 0 amide bonds. The fraction of sp³-hybridized carbons (Fsp3) is 0.774. The van der Waals surface area contributed by atoms with Crippen molar-refractivity contribution in [2.75, 3.05) is 6.61 Å². The molecule has 0 aromatic heterocycles. The molecule has 0 aromatic rings. The van der Waals surface area contributed by atoms with E-state index in [0.29, 0.717) is 29.7 Å². The maximum Gasteiger partial charge on any atom is 0.336 e. The second-order valence-electron chi connectivity index (χ2n) is 13.8. The second-order valence-corrected chi connectivity index (χ2v) is 13.8. The van der Waals surface area contributed by atoms with Crippen LogP contribution < -0.4 is 0 Å². The highest BCUT2D eigenvalue weighted by molar-refractivity contribution is 6.02. The molecule has 5 fully saturated rings. The second kappa shape index (κ2) is 7.60.